The molecule has 4 rings (SSSR count). The van der Waals surface area contributed by atoms with E-state index < -0.39 is 12.1 Å². The predicted molar refractivity (Wildman–Crippen MR) is 97.7 cm³/mol. The van der Waals surface area contributed by atoms with E-state index in [1.54, 1.807) is 0 Å². The molecule has 0 unspecified atom stereocenters. The first kappa shape index (κ1) is 16.7. The smallest absolute Gasteiger partial charge is 0.412 e. The summed E-state index contributed by atoms with van der Waals surface area (Å²) in [4.78, 5) is 22.9. The monoisotopic (exact) mass is 361 g/mol. The average molecular weight is 361 g/mol. The van der Waals surface area contributed by atoms with Crippen molar-refractivity contribution < 1.29 is 19.4 Å². The number of fused-ring (bicyclic) bond motifs is 3. The second-order valence-corrected chi connectivity index (χ2v) is 6.06. The highest BCUT2D eigenvalue weighted by Gasteiger charge is 2.29. The van der Waals surface area contributed by atoms with Gasteiger partial charge in [-0.1, -0.05) is 48.5 Å². The Morgan fingerprint density at radius 2 is 1.56 bits per heavy atom. The maximum atomic E-state index is 12.1. The van der Waals surface area contributed by atoms with Gasteiger partial charge in [-0.3, -0.25) is 5.32 Å². The Balaban J connectivity index is 1.45. The van der Waals surface area contributed by atoms with Crippen LogP contribution in [0.25, 0.3) is 11.1 Å². The van der Waals surface area contributed by atoms with Gasteiger partial charge in [0.1, 0.15) is 6.61 Å². The van der Waals surface area contributed by atoms with E-state index in [-0.39, 0.29) is 24.0 Å². The molecule has 27 heavy (non-hydrogen) atoms. The number of amides is 1. The Bertz CT molecular complexity index is 972. The summed E-state index contributed by atoms with van der Waals surface area (Å²) < 4.78 is 5.39. The number of rotatable bonds is 4. The summed E-state index contributed by atoms with van der Waals surface area (Å²) in [7, 11) is 0. The van der Waals surface area contributed by atoms with Gasteiger partial charge in [-0.05, 0) is 34.4 Å². The number of carbonyl (C=O) groups excluding carboxylic acids is 1. The third-order valence-electron chi connectivity index (χ3n) is 4.46. The summed E-state index contributed by atoms with van der Waals surface area (Å²) in [5.41, 5.74) is 4.34. The van der Waals surface area contributed by atoms with Crippen molar-refractivity contribution in [3.63, 3.8) is 0 Å². The lowest BCUT2D eigenvalue weighted by atomic mass is 9.98. The van der Waals surface area contributed by atoms with Gasteiger partial charge in [0.05, 0.1) is 0 Å². The topological polar surface area (TPSA) is 101 Å². The number of nitrogens with zero attached hydrogens (tertiary/aromatic N) is 2. The summed E-state index contributed by atoms with van der Waals surface area (Å²) in [5, 5.41) is 18.4. The first-order valence-electron chi connectivity index (χ1n) is 8.32. The molecular weight excluding hydrogens is 346 g/mol. The fraction of sp³-hybridized carbons (Fsp3) is 0.100. The highest BCUT2D eigenvalue weighted by atomic mass is 16.5. The standard InChI is InChI=1S/C20H15N3O4/c24-19(25)17-9-10-18(23-22-17)21-20(26)27-11-16-14-7-3-1-5-12(14)13-6-2-4-8-15(13)16/h1-10,16H,11H2,(H,24,25)(H,21,23,26). The maximum Gasteiger partial charge on any atom is 0.412 e. The lowest BCUT2D eigenvalue weighted by Gasteiger charge is -2.14. The molecule has 1 amide bonds. The molecule has 0 saturated heterocycles. The van der Waals surface area contributed by atoms with E-state index in [9.17, 15) is 9.59 Å². The molecule has 0 saturated carbocycles. The number of benzene rings is 2. The molecule has 7 heteroatoms. The number of aromatic nitrogens is 2. The third-order valence-corrected chi connectivity index (χ3v) is 4.46. The van der Waals surface area contributed by atoms with E-state index >= 15 is 0 Å². The highest BCUT2D eigenvalue weighted by Crippen LogP contribution is 2.44. The van der Waals surface area contributed by atoms with Crippen molar-refractivity contribution in [3.8, 4) is 11.1 Å². The molecule has 0 aliphatic heterocycles. The Hall–Kier alpha value is -3.74. The van der Waals surface area contributed by atoms with Gasteiger partial charge in [0, 0.05) is 5.92 Å². The van der Waals surface area contributed by atoms with Crippen molar-refractivity contribution in [1.82, 2.24) is 10.2 Å². The van der Waals surface area contributed by atoms with Gasteiger partial charge in [-0.15, -0.1) is 10.2 Å². The summed E-state index contributed by atoms with van der Waals surface area (Å²) in [5.74, 6) is -1.10. The number of ether oxygens (including phenoxy) is 1. The molecule has 134 valence electrons. The van der Waals surface area contributed by atoms with E-state index in [0.717, 1.165) is 22.3 Å². The van der Waals surface area contributed by atoms with Crippen LogP contribution in [0.15, 0.2) is 60.7 Å². The van der Waals surface area contributed by atoms with E-state index in [1.807, 2.05) is 36.4 Å². The number of carboxylic acid groups (broad SMARTS) is 1. The number of aromatic carboxylic acids is 1. The largest absolute Gasteiger partial charge is 0.476 e. The Morgan fingerprint density at radius 3 is 2.11 bits per heavy atom. The van der Waals surface area contributed by atoms with Gasteiger partial charge in [0.2, 0.25) is 0 Å². The van der Waals surface area contributed by atoms with E-state index in [1.165, 1.54) is 12.1 Å². The third kappa shape index (κ3) is 3.22. The van der Waals surface area contributed by atoms with Crippen molar-refractivity contribution in [2.45, 2.75) is 5.92 Å². The minimum Gasteiger partial charge on any atom is -0.476 e. The number of carbonyl (C=O) groups is 2. The Morgan fingerprint density at radius 1 is 0.926 bits per heavy atom. The summed E-state index contributed by atoms with van der Waals surface area (Å²) in [6, 6.07) is 18.7. The maximum absolute atomic E-state index is 12.1. The van der Waals surface area contributed by atoms with Crippen molar-refractivity contribution in [2.75, 3.05) is 11.9 Å². The quantitative estimate of drug-likeness (QED) is 0.737. The summed E-state index contributed by atoms with van der Waals surface area (Å²) >= 11 is 0. The number of hydrogen-bond donors (Lipinski definition) is 2. The van der Waals surface area contributed by atoms with Crippen molar-refractivity contribution in [2.24, 2.45) is 0 Å². The number of nitrogens with one attached hydrogen (secondary N) is 1. The van der Waals surface area contributed by atoms with E-state index in [2.05, 4.69) is 27.6 Å². The molecule has 0 bridgehead atoms. The van der Waals surface area contributed by atoms with Crippen LogP contribution in [0.2, 0.25) is 0 Å². The summed E-state index contributed by atoms with van der Waals surface area (Å²) in [6.07, 6.45) is -0.672. The first-order chi connectivity index (χ1) is 13.1. The zero-order valence-corrected chi connectivity index (χ0v) is 14.1. The SMILES string of the molecule is O=C(Nc1ccc(C(=O)O)nn1)OCC1c2ccccc2-c2ccccc21. The molecular formula is C20H15N3O4. The van der Waals surface area contributed by atoms with Crippen LogP contribution in [0.4, 0.5) is 10.6 Å². The summed E-state index contributed by atoms with van der Waals surface area (Å²) in [6.45, 7) is 0.181. The molecule has 1 heterocycles. The van der Waals surface area contributed by atoms with Crippen LogP contribution in [0.3, 0.4) is 0 Å². The average Bonchev–Trinajstić information content (AvgIpc) is 3.01. The molecule has 1 aliphatic carbocycles. The van der Waals surface area contributed by atoms with Gasteiger partial charge < -0.3 is 9.84 Å². The molecule has 2 N–H and O–H groups in total. The molecule has 3 aromatic rings. The first-order valence-corrected chi connectivity index (χ1v) is 8.32. The highest BCUT2D eigenvalue weighted by molar-refractivity contribution is 5.86. The zero-order chi connectivity index (χ0) is 18.8. The minimum absolute atomic E-state index is 0.0383. The molecule has 1 aromatic heterocycles. The second kappa shape index (κ2) is 6.87. The molecule has 0 fully saturated rings. The van der Waals surface area contributed by atoms with Crippen molar-refractivity contribution in [3.05, 3.63) is 77.5 Å². The second-order valence-electron chi connectivity index (χ2n) is 6.06. The van der Waals surface area contributed by atoms with Crippen LogP contribution in [-0.4, -0.2) is 34.0 Å². The van der Waals surface area contributed by atoms with Crippen LogP contribution >= 0.6 is 0 Å². The molecule has 0 radical (unpaired) electrons. The molecule has 1 aliphatic rings. The molecule has 0 atom stereocenters. The Kier molecular flexibility index (Phi) is 4.25. The van der Waals surface area contributed by atoms with E-state index in [0.29, 0.717) is 0 Å². The molecule has 0 spiro atoms. The minimum atomic E-state index is -1.19. The van der Waals surface area contributed by atoms with Crippen LogP contribution in [-0.2, 0) is 4.74 Å². The zero-order valence-electron chi connectivity index (χ0n) is 14.1. The van der Waals surface area contributed by atoms with Gasteiger partial charge >= 0.3 is 12.1 Å². The van der Waals surface area contributed by atoms with E-state index in [4.69, 9.17) is 9.84 Å². The fourth-order valence-corrected chi connectivity index (χ4v) is 3.25. The number of hydrogen-bond acceptors (Lipinski definition) is 5. The van der Waals surface area contributed by atoms with Crippen LogP contribution in [0, 0.1) is 0 Å². The van der Waals surface area contributed by atoms with Gasteiger partial charge in [0.25, 0.3) is 0 Å². The van der Waals surface area contributed by atoms with Gasteiger partial charge in [-0.2, -0.15) is 0 Å². The fourth-order valence-electron chi connectivity index (χ4n) is 3.25. The van der Waals surface area contributed by atoms with Gasteiger partial charge in [0.15, 0.2) is 11.5 Å². The predicted octanol–water partition coefficient (Wildman–Crippen LogP) is 3.54. The van der Waals surface area contributed by atoms with Crippen molar-refractivity contribution in [1.29, 1.82) is 0 Å². The van der Waals surface area contributed by atoms with Crippen LogP contribution < -0.4 is 5.32 Å². The lowest BCUT2D eigenvalue weighted by Crippen LogP contribution is -2.19. The lowest BCUT2D eigenvalue weighted by molar-refractivity contribution is 0.0689. The number of anilines is 1. The van der Waals surface area contributed by atoms with Crippen LogP contribution in [0.1, 0.15) is 27.5 Å². The number of carboxylic acids is 1. The molecule has 2 aromatic carbocycles. The molecule has 7 nitrogen and oxygen atoms in total. The Labute approximate surface area is 154 Å². The van der Waals surface area contributed by atoms with Crippen LogP contribution in [0.5, 0.6) is 0 Å². The van der Waals surface area contributed by atoms with Gasteiger partial charge in [-0.25, -0.2) is 9.59 Å². The van der Waals surface area contributed by atoms with Crippen molar-refractivity contribution >= 4 is 17.9 Å². The normalized spacial score (nSPS) is 12.1.